The second kappa shape index (κ2) is 10.6. The summed E-state index contributed by atoms with van der Waals surface area (Å²) in [6, 6.07) is 17.6. The van der Waals surface area contributed by atoms with E-state index in [1.165, 1.54) is 0 Å². The van der Waals surface area contributed by atoms with Crippen LogP contribution in [0.1, 0.15) is 27.6 Å². The minimum Gasteiger partial charge on any atom is -0.394 e. The van der Waals surface area contributed by atoms with Gasteiger partial charge in [0.1, 0.15) is 42.4 Å². The van der Waals surface area contributed by atoms with Crippen molar-refractivity contribution in [2.24, 2.45) is 0 Å². The van der Waals surface area contributed by atoms with Gasteiger partial charge in [-0.25, -0.2) is 4.98 Å². The monoisotopic (exact) mass is 480 g/mol. The molecule has 2 heterocycles. The van der Waals surface area contributed by atoms with Crippen LogP contribution in [-0.2, 0) is 4.74 Å². The van der Waals surface area contributed by atoms with Crippen LogP contribution in [0.3, 0.4) is 0 Å². The molecule has 4 rings (SSSR count). The van der Waals surface area contributed by atoms with E-state index in [-0.39, 0.29) is 5.91 Å². The first-order valence-corrected chi connectivity index (χ1v) is 11.2. The Kier molecular flexibility index (Phi) is 7.56. The normalized spacial score (nSPS) is 25.1. The number of aliphatic hydroxyl groups excluding tert-OH is 5. The zero-order chi connectivity index (χ0) is 25.1. The van der Waals surface area contributed by atoms with E-state index < -0.39 is 43.2 Å². The molecule has 9 nitrogen and oxygen atoms in total. The molecule has 0 bridgehead atoms. The molecule has 1 fully saturated rings. The van der Waals surface area contributed by atoms with Crippen molar-refractivity contribution < 1.29 is 35.1 Å². The van der Waals surface area contributed by atoms with Gasteiger partial charge in [-0.3, -0.25) is 4.79 Å². The minimum absolute atomic E-state index is 0.295. The lowest BCUT2D eigenvalue weighted by Gasteiger charge is -2.42. The minimum atomic E-state index is -1.57. The molecule has 0 radical (unpaired) electrons. The Balaban J connectivity index is 1.54. The first-order valence-electron chi connectivity index (χ1n) is 11.2. The van der Waals surface area contributed by atoms with Gasteiger partial charge in [-0.15, -0.1) is 0 Å². The van der Waals surface area contributed by atoms with Crippen LogP contribution in [0.15, 0.2) is 66.9 Å². The third-order valence-corrected chi connectivity index (χ3v) is 6.19. The number of amides is 1. The van der Waals surface area contributed by atoms with E-state index in [4.69, 9.17) is 4.74 Å². The molecule has 9 heteroatoms. The number of hydrogen-bond acceptors (Lipinski definition) is 8. The Labute approximate surface area is 202 Å². The Morgan fingerprint density at radius 2 is 1.77 bits per heavy atom. The summed E-state index contributed by atoms with van der Waals surface area (Å²) in [5, 5.41) is 53.4. The molecule has 1 aliphatic rings. The number of aryl methyl sites for hydroxylation is 1. The highest BCUT2D eigenvalue weighted by molar-refractivity contribution is 6.04. The first-order chi connectivity index (χ1) is 16.8. The van der Waals surface area contributed by atoms with Gasteiger partial charge < -0.3 is 35.6 Å². The lowest BCUT2D eigenvalue weighted by molar-refractivity contribution is -0.250. The van der Waals surface area contributed by atoms with Crippen molar-refractivity contribution in [2.75, 3.05) is 11.9 Å². The van der Waals surface area contributed by atoms with Gasteiger partial charge in [0, 0.05) is 11.8 Å². The summed E-state index contributed by atoms with van der Waals surface area (Å²) < 4.78 is 5.50. The van der Waals surface area contributed by atoms with Gasteiger partial charge in [-0.2, -0.15) is 0 Å². The number of aromatic nitrogens is 1. The Morgan fingerprint density at radius 1 is 1.00 bits per heavy atom. The largest absolute Gasteiger partial charge is 0.394 e. The molecule has 0 spiro atoms. The number of hydrogen-bond donors (Lipinski definition) is 6. The quantitative estimate of drug-likeness (QED) is 0.308. The summed E-state index contributed by atoms with van der Waals surface area (Å²) in [7, 11) is 0. The van der Waals surface area contributed by atoms with Gasteiger partial charge in [0.05, 0.1) is 6.61 Å². The molecular formula is C26H28N2O7. The van der Waals surface area contributed by atoms with E-state index in [0.717, 1.165) is 11.1 Å². The van der Waals surface area contributed by atoms with Gasteiger partial charge in [0.2, 0.25) is 0 Å². The molecule has 0 aliphatic carbocycles. The van der Waals surface area contributed by atoms with E-state index in [9.17, 15) is 30.3 Å². The number of carbonyl (C=O) groups excluding carboxylic acids is 1. The highest BCUT2D eigenvalue weighted by Gasteiger charge is 2.46. The number of nitrogens with one attached hydrogen (secondary N) is 1. The van der Waals surface area contributed by atoms with Gasteiger partial charge in [-0.05, 0) is 53.4 Å². The summed E-state index contributed by atoms with van der Waals surface area (Å²) in [6.07, 6.45) is -6.68. The first kappa shape index (κ1) is 24.9. The molecule has 1 amide bonds. The summed E-state index contributed by atoms with van der Waals surface area (Å²) in [6.45, 7) is 1.21. The maximum absolute atomic E-state index is 12.6. The molecule has 6 N–H and O–H groups in total. The van der Waals surface area contributed by atoms with E-state index in [1.54, 1.807) is 61.7 Å². The zero-order valence-electron chi connectivity index (χ0n) is 19.0. The number of aliphatic hydroxyl groups is 5. The summed E-state index contributed by atoms with van der Waals surface area (Å²) in [5.74, 6) is 0.155. The van der Waals surface area contributed by atoms with Gasteiger partial charge in [-0.1, -0.05) is 36.4 Å². The average molecular weight is 481 g/mol. The molecule has 0 saturated carbocycles. The fourth-order valence-electron chi connectivity index (χ4n) is 4.22. The third-order valence-electron chi connectivity index (χ3n) is 6.19. The van der Waals surface area contributed by atoms with E-state index in [0.29, 0.717) is 22.5 Å². The molecule has 3 aromatic rings. The molecule has 6 atom stereocenters. The van der Waals surface area contributed by atoms with Crippen LogP contribution in [0.2, 0.25) is 0 Å². The molecule has 1 aliphatic heterocycles. The Bertz CT molecular complexity index is 1170. The lowest BCUT2D eigenvalue weighted by Crippen LogP contribution is -2.59. The molecule has 2 unspecified atom stereocenters. The van der Waals surface area contributed by atoms with Crippen molar-refractivity contribution in [2.45, 2.75) is 43.5 Å². The van der Waals surface area contributed by atoms with Crippen molar-refractivity contribution in [3.63, 3.8) is 0 Å². The van der Waals surface area contributed by atoms with Crippen LogP contribution in [0.25, 0.3) is 11.1 Å². The van der Waals surface area contributed by atoms with Crippen molar-refractivity contribution in [3.05, 3.63) is 83.6 Å². The van der Waals surface area contributed by atoms with Crippen LogP contribution in [0.4, 0.5) is 5.82 Å². The average Bonchev–Trinajstić information content (AvgIpc) is 2.88. The molecule has 184 valence electrons. The number of anilines is 1. The Hall–Kier alpha value is -3.18. The number of carbonyl (C=O) groups is 1. The van der Waals surface area contributed by atoms with Crippen LogP contribution in [0, 0.1) is 6.92 Å². The number of benzene rings is 2. The van der Waals surface area contributed by atoms with Gasteiger partial charge in [0.15, 0.2) is 0 Å². The van der Waals surface area contributed by atoms with Gasteiger partial charge in [0.25, 0.3) is 5.91 Å². The second-order valence-corrected chi connectivity index (χ2v) is 8.56. The van der Waals surface area contributed by atoms with Crippen LogP contribution in [-0.4, -0.2) is 73.6 Å². The predicted molar refractivity (Wildman–Crippen MR) is 128 cm³/mol. The molecular weight excluding hydrogens is 452 g/mol. The molecule has 2 aromatic carbocycles. The number of pyridine rings is 1. The standard InChI is InChI=1S/C26H28N2O7/c1-14-11-16(15-5-4-6-17(12-15)26(34)28-20-7-2-3-10-27-20)8-9-18(14)21(30)25-24(33)23(32)22(31)19(13-29)35-25/h2-12,19,21-25,29-33H,13H2,1H3,(H,27,28,34)/t19?,21-,22-,23+,24?,25-/m1/s1. The fourth-order valence-corrected chi connectivity index (χ4v) is 4.22. The number of rotatable bonds is 6. The van der Waals surface area contributed by atoms with Gasteiger partial charge >= 0.3 is 0 Å². The van der Waals surface area contributed by atoms with Crippen LogP contribution in [0.5, 0.6) is 0 Å². The van der Waals surface area contributed by atoms with Crippen molar-refractivity contribution >= 4 is 11.7 Å². The van der Waals surface area contributed by atoms with Crippen LogP contribution >= 0.6 is 0 Å². The smallest absolute Gasteiger partial charge is 0.256 e. The summed E-state index contributed by atoms with van der Waals surface area (Å²) in [5.41, 5.74) is 3.20. The van der Waals surface area contributed by atoms with E-state index in [2.05, 4.69) is 10.3 Å². The highest BCUT2D eigenvalue weighted by Crippen LogP contribution is 2.33. The van der Waals surface area contributed by atoms with Crippen molar-refractivity contribution in [1.29, 1.82) is 0 Å². The van der Waals surface area contributed by atoms with Crippen LogP contribution < -0.4 is 5.32 Å². The molecule has 35 heavy (non-hydrogen) atoms. The Morgan fingerprint density at radius 3 is 2.46 bits per heavy atom. The second-order valence-electron chi connectivity index (χ2n) is 8.56. The predicted octanol–water partition coefficient (Wildman–Crippen LogP) is 1.19. The fraction of sp³-hybridized carbons (Fsp3) is 0.308. The number of nitrogens with zero attached hydrogens (tertiary/aromatic N) is 1. The number of ether oxygens (including phenoxy) is 1. The lowest BCUT2D eigenvalue weighted by atomic mass is 9.87. The van der Waals surface area contributed by atoms with E-state index >= 15 is 0 Å². The third kappa shape index (κ3) is 5.25. The summed E-state index contributed by atoms with van der Waals surface area (Å²) >= 11 is 0. The topological polar surface area (TPSA) is 152 Å². The maximum Gasteiger partial charge on any atom is 0.256 e. The summed E-state index contributed by atoms with van der Waals surface area (Å²) in [4.78, 5) is 16.7. The van der Waals surface area contributed by atoms with Crippen molar-refractivity contribution in [1.82, 2.24) is 4.98 Å². The molecule has 1 aromatic heterocycles. The van der Waals surface area contributed by atoms with E-state index in [1.807, 2.05) is 12.1 Å². The highest BCUT2D eigenvalue weighted by atomic mass is 16.6. The zero-order valence-corrected chi connectivity index (χ0v) is 19.0. The molecule has 1 saturated heterocycles. The maximum atomic E-state index is 12.6. The SMILES string of the molecule is Cc1cc(-c2cccc(C(=O)Nc3ccccn3)c2)ccc1[C@@H](O)[C@H]1OC(CO)[C@@H](O)[C@H](O)C1O. The van der Waals surface area contributed by atoms with Crippen molar-refractivity contribution in [3.8, 4) is 11.1 Å².